The molecule has 0 heteroatoms. The lowest BCUT2D eigenvalue weighted by Gasteiger charge is -2.25. The van der Waals surface area contributed by atoms with Crippen molar-refractivity contribution in [2.75, 3.05) is 0 Å². The van der Waals surface area contributed by atoms with Crippen LogP contribution in [0, 0.1) is 29.1 Å². The summed E-state index contributed by atoms with van der Waals surface area (Å²) in [6.07, 6.45) is 21.5. The first-order chi connectivity index (χ1) is 14.3. The molecule has 0 aromatic rings. The molecule has 0 aromatic carbocycles. The third-order valence-corrected chi connectivity index (χ3v) is 7.16. The van der Waals surface area contributed by atoms with Crippen molar-refractivity contribution in [2.45, 2.75) is 125 Å². The molecule has 1 rings (SSSR count). The molecule has 2 atom stereocenters. The molecule has 0 fully saturated rings. The Bertz CT molecular complexity index is 616. The Kier molecular flexibility index (Phi) is 13.2. The van der Waals surface area contributed by atoms with E-state index in [1.807, 2.05) is 12.2 Å². The van der Waals surface area contributed by atoms with Crippen LogP contribution in [0.15, 0.2) is 35.5 Å². The van der Waals surface area contributed by atoms with E-state index in [0.29, 0.717) is 11.3 Å². The molecule has 0 saturated carbocycles. The number of rotatable bonds is 10. The molecule has 30 heavy (non-hydrogen) atoms. The van der Waals surface area contributed by atoms with Crippen LogP contribution in [-0.2, 0) is 0 Å². The zero-order chi connectivity index (χ0) is 22.4. The molecule has 0 heterocycles. The molecule has 0 spiro atoms. The Morgan fingerprint density at radius 3 is 2.57 bits per heavy atom. The van der Waals surface area contributed by atoms with Gasteiger partial charge < -0.3 is 0 Å². The highest BCUT2D eigenvalue weighted by Gasteiger charge is 2.21. The zero-order valence-corrected chi connectivity index (χ0v) is 21.2. The fraction of sp³-hybridized carbons (Fsp3) is 0.733. The second kappa shape index (κ2) is 14.7. The lowest BCUT2D eigenvalue weighted by atomic mass is 9.81. The molecule has 1 aliphatic rings. The van der Waals surface area contributed by atoms with Crippen LogP contribution >= 0.6 is 0 Å². The summed E-state index contributed by atoms with van der Waals surface area (Å²) in [6.45, 7) is 17.8. The highest BCUT2D eigenvalue weighted by atomic mass is 14.3. The average molecular weight is 411 g/mol. The van der Waals surface area contributed by atoms with Crippen LogP contribution in [0.5, 0.6) is 0 Å². The molecular weight excluding hydrogens is 360 g/mol. The topological polar surface area (TPSA) is 0 Å². The lowest BCUT2D eigenvalue weighted by Crippen LogP contribution is -2.11. The number of hydrogen-bond donors (Lipinski definition) is 0. The summed E-state index contributed by atoms with van der Waals surface area (Å²) in [6, 6.07) is 0. The third-order valence-electron chi connectivity index (χ3n) is 7.16. The number of allylic oxidation sites excluding steroid dienone is 5. The maximum atomic E-state index is 3.78. The first-order valence-corrected chi connectivity index (χ1v) is 12.8. The summed E-state index contributed by atoms with van der Waals surface area (Å²) in [5.74, 6) is 8.51. The molecule has 0 saturated heterocycles. The van der Waals surface area contributed by atoms with Crippen molar-refractivity contribution in [1.82, 2.24) is 0 Å². The van der Waals surface area contributed by atoms with Crippen LogP contribution in [0.25, 0.3) is 0 Å². The van der Waals surface area contributed by atoms with Crippen molar-refractivity contribution < 1.29 is 0 Å². The smallest absolute Gasteiger partial charge is 0.00159 e. The Hall–Kier alpha value is -1.22. The van der Waals surface area contributed by atoms with Gasteiger partial charge in [0, 0.05) is 5.57 Å². The van der Waals surface area contributed by atoms with Crippen LogP contribution in [0.2, 0.25) is 0 Å². The standard InChI is InChI=1S/C30H50/c1-8-16-25(4)20-21-29-19-14-13-18-27(24-28(10-3)26(29)5)17-12-11-15-23-30(6,7)22-9-2/h8,16,27-28H,1,9-15,17-19,22-24H2,2-7H3. The zero-order valence-electron chi connectivity index (χ0n) is 21.2. The molecule has 0 nitrogen and oxygen atoms in total. The highest BCUT2D eigenvalue weighted by molar-refractivity contribution is 5.41. The van der Waals surface area contributed by atoms with E-state index in [-0.39, 0.29) is 0 Å². The van der Waals surface area contributed by atoms with Gasteiger partial charge in [0.1, 0.15) is 0 Å². The van der Waals surface area contributed by atoms with E-state index in [1.165, 1.54) is 82.6 Å². The minimum atomic E-state index is 0.540. The molecule has 0 bridgehead atoms. The Balaban J connectivity index is 2.66. The van der Waals surface area contributed by atoms with Crippen molar-refractivity contribution >= 4 is 0 Å². The predicted octanol–water partition coefficient (Wildman–Crippen LogP) is 9.82. The largest absolute Gasteiger partial charge is 0.0990 e. The summed E-state index contributed by atoms with van der Waals surface area (Å²) in [5, 5.41) is 0. The Morgan fingerprint density at radius 2 is 1.90 bits per heavy atom. The molecule has 0 N–H and O–H groups in total. The van der Waals surface area contributed by atoms with Crippen LogP contribution in [-0.4, -0.2) is 0 Å². The van der Waals surface area contributed by atoms with Crippen molar-refractivity contribution in [1.29, 1.82) is 0 Å². The van der Waals surface area contributed by atoms with Crippen LogP contribution < -0.4 is 0 Å². The minimum Gasteiger partial charge on any atom is -0.0990 e. The van der Waals surface area contributed by atoms with Crippen molar-refractivity contribution in [3.05, 3.63) is 35.5 Å². The van der Waals surface area contributed by atoms with E-state index in [1.54, 1.807) is 5.57 Å². The summed E-state index contributed by atoms with van der Waals surface area (Å²) < 4.78 is 0. The average Bonchev–Trinajstić information content (AvgIpc) is 2.76. The van der Waals surface area contributed by atoms with Crippen LogP contribution in [0.3, 0.4) is 0 Å². The van der Waals surface area contributed by atoms with E-state index in [0.717, 1.165) is 17.9 Å². The van der Waals surface area contributed by atoms with Gasteiger partial charge in [0.05, 0.1) is 0 Å². The van der Waals surface area contributed by atoms with Gasteiger partial charge in [-0.1, -0.05) is 109 Å². The van der Waals surface area contributed by atoms with Gasteiger partial charge in [-0.2, -0.15) is 0 Å². The molecule has 0 aromatic heterocycles. The summed E-state index contributed by atoms with van der Waals surface area (Å²) in [4.78, 5) is 0. The van der Waals surface area contributed by atoms with Crippen LogP contribution in [0.1, 0.15) is 125 Å². The minimum absolute atomic E-state index is 0.540. The van der Waals surface area contributed by atoms with Gasteiger partial charge >= 0.3 is 0 Å². The van der Waals surface area contributed by atoms with Crippen molar-refractivity contribution in [2.24, 2.45) is 17.3 Å². The van der Waals surface area contributed by atoms with E-state index in [2.05, 4.69) is 60.0 Å². The van der Waals surface area contributed by atoms with E-state index in [4.69, 9.17) is 0 Å². The van der Waals surface area contributed by atoms with E-state index >= 15 is 0 Å². The number of unbranched alkanes of at least 4 members (excludes halogenated alkanes) is 2. The van der Waals surface area contributed by atoms with Gasteiger partial charge in [-0.05, 0) is 75.2 Å². The van der Waals surface area contributed by atoms with Crippen LogP contribution in [0.4, 0.5) is 0 Å². The monoisotopic (exact) mass is 410 g/mol. The summed E-state index contributed by atoms with van der Waals surface area (Å²) in [5.41, 5.74) is 4.64. The fourth-order valence-corrected chi connectivity index (χ4v) is 5.18. The van der Waals surface area contributed by atoms with Gasteiger partial charge in [-0.3, -0.25) is 0 Å². The third kappa shape index (κ3) is 10.7. The second-order valence-corrected chi connectivity index (χ2v) is 10.5. The van der Waals surface area contributed by atoms with Gasteiger partial charge in [-0.15, -0.1) is 0 Å². The quantitative estimate of drug-likeness (QED) is 0.191. The first kappa shape index (κ1) is 26.8. The normalized spacial score (nSPS) is 21.3. The number of hydrogen-bond acceptors (Lipinski definition) is 0. The van der Waals surface area contributed by atoms with E-state index in [9.17, 15) is 0 Å². The summed E-state index contributed by atoms with van der Waals surface area (Å²) in [7, 11) is 0. The van der Waals surface area contributed by atoms with E-state index < -0.39 is 0 Å². The highest BCUT2D eigenvalue weighted by Crippen LogP contribution is 2.35. The van der Waals surface area contributed by atoms with Gasteiger partial charge in [-0.25, -0.2) is 0 Å². The molecular formula is C30H50. The molecule has 1 aliphatic carbocycles. The van der Waals surface area contributed by atoms with Gasteiger partial charge in [0.2, 0.25) is 0 Å². The Labute approximate surface area is 189 Å². The maximum absolute atomic E-state index is 3.78. The first-order valence-electron chi connectivity index (χ1n) is 12.8. The summed E-state index contributed by atoms with van der Waals surface area (Å²) >= 11 is 0. The molecule has 0 aliphatic heterocycles. The molecule has 0 amide bonds. The predicted molar refractivity (Wildman–Crippen MR) is 137 cm³/mol. The Morgan fingerprint density at radius 1 is 1.13 bits per heavy atom. The maximum Gasteiger partial charge on any atom is 0.00159 e. The van der Waals surface area contributed by atoms with Gasteiger partial charge in [0.15, 0.2) is 0 Å². The molecule has 0 radical (unpaired) electrons. The van der Waals surface area contributed by atoms with Gasteiger partial charge in [0.25, 0.3) is 0 Å². The lowest BCUT2D eigenvalue weighted by molar-refractivity contribution is 0.285. The molecule has 2 unspecified atom stereocenters. The van der Waals surface area contributed by atoms with Crippen molar-refractivity contribution in [3.8, 4) is 11.8 Å². The van der Waals surface area contributed by atoms with Crippen molar-refractivity contribution in [3.63, 3.8) is 0 Å². The molecule has 170 valence electrons. The SMILES string of the molecule is C=CC=C(C)C#CC1=C(C)C(CC)CC(CCCCCC(C)(C)CCC)CCCC1. The fourth-order valence-electron chi connectivity index (χ4n) is 5.18. The second-order valence-electron chi connectivity index (χ2n) is 10.5.